The molecule has 0 aliphatic heterocycles. The molecule has 36 heavy (non-hydrogen) atoms. The van der Waals surface area contributed by atoms with Crippen LogP contribution in [0.2, 0.25) is 0 Å². The maximum atomic E-state index is 13.2. The van der Waals surface area contributed by atoms with E-state index in [1.165, 1.54) is 69.2 Å². The second-order valence-corrected chi connectivity index (χ2v) is 9.49. The quantitative estimate of drug-likeness (QED) is 0.121. The Morgan fingerprint density at radius 1 is 0.694 bits per heavy atom. The summed E-state index contributed by atoms with van der Waals surface area (Å²) in [6.07, 6.45) is 9.24. The van der Waals surface area contributed by atoms with Crippen LogP contribution in [-0.2, 0) is 19.1 Å². The molecule has 0 aliphatic rings. The van der Waals surface area contributed by atoms with Crippen LogP contribution < -0.4 is 0 Å². The molecular formula is C29H45F3O4. The van der Waals surface area contributed by atoms with Gasteiger partial charge in [0.2, 0.25) is 6.10 Å². The number of hydrogen-bond acceptors (Lipinski definition) is 4. The van der Waals surface area contributed by atoms with E-state index in [2.05, 4.69) is 6.92 Å². The first-order valence-corrected chi connectivity index (χ1v) is 13.8. The van der Waals surface area contributed by atoms with Crippen molar-refractivity contribution < 1.29 is 32.2 Å². The molecular weight excluding hydrogens is 469 g/mol. The maximum Gasteiger partial charge on any atom is 0.429 e. The fourth-order valence-electron chi connectivity index (χ4n) is 4.06. The van der Waals surface area contributed by atoms with E-state index in [1.807, 2.05) is 0 Å². The van der Waals surface area contributed by atoms with Crippen molar-refractivity contribution in [2.24, 2.45) is 0 Å². The van der Waals surface area contributed by atoms with Crippen molar-refractivity contribution in [2.45, 2.75) is 128 Å². The smallest absolute Gasteiger partial charge is 0.429 e. The monoisotopic (exact) mass is 514 g/mol. The third-order valence-corrected chi connectivity index (χ3v) is 6.17. The van der Waals surface area contributed by atoms with Crippen molar-refractivity contribution in [3.63, 3.8) is 0 Å². The standard InChI is InChI=1S/C29H45F3O4/c1-2-3-4-5-6-7-10-13-19-24-35-26(33)22-17-11-8-9-12-18-23-27(34)36-28(29(30,31)32)25-20-15-14-16-21-25/h14-16,20-21,28H,2-13,17-19,22-24H2,1H3. The number of ether oxygens (including phenoxy) is 2. The van der Waals surface area contributed by atoms with Gasteiger partial charge in [0.05, 0.1) is 6.61 Å². The van der Waals surface area contributed by atoms with E-state index in [0.29, 0.717) is 19.4 Å². The summed E-state index contributed by atoms with van der Waals surface area (Å²) < 4.78 is 49.8. The van der Waals surface area contributed by atoms with Gasteiger partial charge in [-0.3, -0.25) is 9.59 Å². The summed E-state index contributed by atoms with van der Waals surface area (Å²) in [5, 5.41) is 0. The molecule has 0 N–H and O–H groups in total. The number of rotatable bonds is 21. The number of halogens is 3. The van der Waals surface area contributed by atoms with Crippen LogP contribution in [-0.4, -0.2) is 24.7 Å². The van der Waals surface area contributed by atoms with Gasteiger partial charge in [-0.25, -0.2) is 0 Å². The molecule has 0 saturated heterocycles. The van der Waals surface area contributed by atoms with Crippen LogP contribution in [0.4, 0.5) is 13.2 Å². The van der Waals surface area contributed by atoms with Crippen LogP contribution in [0, 0.1) is 0 Å². The van der Waals surface area contributed by atoms with Crippen LogP contribution >= 0.6 is 0 Å². The number of benzene rings is 1. The molecule has 0 amide bonds. The summed E-state index contributed by atoms with van der Waals surface area (Å²) >= 11 is 0. The second kappa shape index (κ2) is 20.1. The molecule has 0 heterocycles. The molecule has 4 nitrogen and oxygen atoms in total. The van der Waals surface area contributed by atoms with Crippen LogP contribution in [0.25, 0.3) is 0 Å². The van der Waals surface area contributed by atoms with Crippen molar-refractivity contribution >= 4 is 11.9 Å². The summed E-state index contributed by atoms with van der Waals surface area (Å²) in [5.41, 5.74) is -0.0787. The van der Waals surface area contributed by atoms with Gasteiger partial charge in [-0.15, -0.1) is 0 Å². The largest absolute Gasteiger partial charge is 0.466 e. The van der Waals surface area contributed by atoms with Crippen molar-refractivity contribution in [3.8, 4) is 0 Å². The van der Waals surface area contributed by atoms with Crippen molar-refractivity contribution in [2.75, 3.05) is 6.61 Å². The molecule has 0 bridgehead atoms. The molecule has 1 aromatic carbocycles. The molecule has 1 rings (SSSR count). The lowest BCUT2D eigenvalue weighted by Gasteiger charge is -2.21. The van der Waals surface area contributed by atoms with E-state index in [4.69, 9.17) is 9.47 Å². The van der Waals surface area contributed by atoms with Gasteiger partial charge < -0.3 is 9.47 Å². The molecule has 0 saturated carbocycles. The Kier molecular flexibility index (Phi) is 17.8. The predicted molar refractivity (Wildman–Crippen MR) is 136 cm³/mol. The highest BCUT2D eigenvalue weighted by Gasteiger charge is 2.43. The lowest BCUT2D eigenvalue weighted by atomic mass is 10.1. The molecule has 7 heteroatoms. The zero-order valence-electron chi connectivity index (χ0n) is 22.0. The minimum absolute atomic E-state index is 0.0371. The Labute approximate surface area is 215 Å². The lowest BCUT2D eigenvalue weighted by molar-refractivity contribution is -0.224. The van der Waals surface area contributed by atoms with E-state index < -0.39 is 18.2 Å². The van der Waals surface area contributed by atoms with Crippen molar-refractivity contribution in [3.05, 3.63) is 35.9 Å². The van der Waals surface area contributed by atoms with Crippen molar-refractivity contribution in [1.82, 2.24) is 0 Å². The maximum absolute atomic E-state index is 13.2. The number of alkyl halides is 3. The number of hydrogen-bond donors (Lipinski definition) is 0. The molecule has 1 aromatic rings. The highest BCUT2D eigenvalue weighted by Crippen LogP contribution is 2.36. The van der Waals surface area contributed by atoms with Gasteiger partial charge in [0, 0.05) is 18.4 Å². The molecule has 0 aromatic heterocycles. The van der Waals surface area contributed by atoms with Crippen LogP contribution in [0.1, 0.15) is 128 Å². The third-order valence-electron chi connectivity index (χ3n) is 6.17. The molecule has 0 aliphatic carbocycles. The molecule has 0 radical (unpaired) electrons. The van der Waals surface area contributed by atoms with Crippen LogP contribution in [0.15, 0.2) is 30.3 Å². The zero-order valence-corrected chi connectivity index (χ0v) is 22.0. The average molecular weight is 515 g/mol. The van der Waals surface area contributed by atoms with Gasteiger partial charge in [-0.1, -0.05) is 114 Å². The minimum atomic E-state index is -4.65. The molecule has 206 valence electrons. The van der Waals surface area contributed by atoms with E-state index in [9.17, 15) is 22.8 Å². The highest BCUT2D eigenvalue weighted by molar-refractivity contribution is 5.70. The van der Waals surface area contributed by atoms with Crippen molar-refractivity contribution in [1.29, 1.82) is 0 Å². The highest BCUT2D eigenvalue weighted by atomic mass is 19.4. The Morgan fingerprint density at radius 3 is 1.69 bits per heavy atom. The molecule has 0 spiro atoms. The Morgan fingerprint density at radius 2 is 1.17 bits per heavy atom. The van der Waals surface area contributed by atoms with E-state index in [-0.39, 0.29) is 18.0 Å². The SMILES string of the molecule is CCCCCCCCCCCOC(=O)CCCCCCCCC(=O)OC(c1ccccc1)C(F)(F)F. The Hall–Kier alpha value is -2.05. The Bertz CT molecular complexity index is 692. The first-order chi connectivity index (χ1) is 17.3. The normalized spacial score (nSPS) is 12.3. The van der Waals surface area contributed by atoms with E-state index in [0.717, 1.165) is 44.9 Å². The van der Waals surface area contributed by atoms with Crippen LogP contribution in [0.5, 0.6) is 0 Å². The Balaban J connectivity index is 1.98. The first kappa shape index (κ1) is 32.0. The summed E-state index contributed by atoms with van der Waals surface area (Å²) in [6, 6.07) is 7.19. The number of carbonyl (C=O) groups is 2. The predicted octanol–water partition coefficient (Wildman–Crippen LogP) is 9.03. The summed E-state index contributed by atoms with van der Waals surface area (Å²) in [5.74, 6) is -0.981. The van der Waals surface area contributed by atoms with Gasteiger partial charge in [0.1, 0.15) is 0 Å². The number of carbonyl (C=O) groups excluding carboxylic acids is 2. The summed E-state index contributed by atoms with van der Waals surface area (Å²) in [4.78, 5) is 23.7. The van der Waals surface area contributed by atoms with Gasteiger partial charge >= 0.3 is 18.1 Å². The second-order valence-electron chi connectivity index (χ2n) is 9.49. The third kappa shape index (κ3) is 16.6. The number of esters is 2. The van der Waals surface area contributed by atoms with E-state index >= 15 is 0 Å². The summed E-state index contributed by atoms with van der Waals surface area (Å²) in [6.45, 7) is 2.73. The summed E-state index contributed by atoms with van der Waals surface area (Å²) in [7, 11) is 0. The zero-order chi connectivity index (χ0) is 26.5. The van der Waals surface area contributed by atoms with E-state index in [1.54, 1.807) is 6.07 Å². The van der Waals surface area contributed by atoms with Crippen LogP contribution in [0.3, 0.4) is 0 Å². The lowest BCUT2D eigenvalue weighted by Crippen LogP contribution is -2.26. The van der Waals surface area contributed by atoms with Gasteiger partial charge in [0.15, 0.2) is 0 Å². The minimum Gasteiger partial charge on any atom is -0.466 e. The first-order valence-electron chi connectivity index (χ1n) is 13.8. The van der Waals surface area contributed by atoms with Gasteiger partial charge in [-0.05, 0) is 19.3 Å². The number of unbranched alkanes of at least 4 members (excludes halogenated alkanes) is 13. The molecule has 1 unspecified atom stereocenters. The fraction of sp³-hybridized carbons (Fsp3) is 0.724. The fourth-order valence-corrected chi connectivity index (χ4v) is 4.06. The molecule has 0 fully saturated rings. The molecule has 1 atom stereocenters. The van der Waals surface area contributed by atoms with Gasteiger partial charge in [0.25, 0.3) is 0 Å². The topological polar surface area (TPSA) is 52.6 Å². The average Bonchev–Trinajstić information content (AvgIpc) is 2.85. The van der Waals surface area contributed by atoms with Gasteiger partial charge in [-0.2, -0.15) is 13.2 Å².